The Labute approximate surface area is 138 Å². The molecule has 1 aromatic rings. The topological polar surface area (TPSA) is 86.2 Å². The van der Waals surface area contributed by atoms with Gasteiger partial charge in [0, 0.05) is 42.0 Å². The van der Waals surface area contributed by atoms with Crippen molar-refractivity contribution in [2.75, 3.05) is 19.8 Å². The number of ether oxygens (including phenoxy) is 1. The van der Waals surface area contributed by atoms with E-state index < -0.39 is 0 Å². The van der Waals surface area contributed by atoms with Gasteiger partial charge in [-0.3, -0.25) is 4.98 Å². The Hall–Kier alpha value is -1.85. The summed E-state index contributed by atoms with van der Waals surface area (Å²) in [6.07, 6.45) is 9.69. The highest BCUT2D eigenvalue weighted by Crippen LogP contribution is 2.19. The number of hydrogen-bond acceptors (Lipinski definition) is 5. The first-order chi connectivity index (χ1) is 11.2. The second kappa shape index (κ2) is 9.33. The van der Waals surface area contributed by atoms with Crippen molar-refractivity contribution in [1.82, 2.24) is 10.3 Å². The third kappa shape index (κ3) is 6.04. The van der Waals surface area contributed by atoms with Crippen LogP contribution in [0.2, 0.25) is 0 Å². The molecule has 0 saturated carbocycles. The first-order valence-corrected chi connectivity index (χ1v) is 8.30. The quantitative estimate of drug-likeness (QED) is 0.505. The van der Waals surface area contributed by atoms with E-state index in [2.05, 4.69) is 10.3 Å². The summed E-state index contributed by atoms with van der Waals surface area (Å²) in [5.41, 5.74) is 15.7. The van der Waals surface area contributed by atoms with Crippen molar-refractivity contribution in [3.63, 3.8) is 0 Å². The van der Waals surface area contributed by atoms with Crippen LogP contribution in [0.25, 0.3) is 5.70 Å². The van der Waals surface area contributed by atoms with Crippen molar-refractivity contribution in [2.24, 2.45) is 11.5 Å². The number of aromatic nitrogens is 1. The molecule has 1 saturated heterocycles. The predicted molar refractivity (Wildman–Crippen MR) is 94.4 cm³/mol. The van der Waals surface area contributed by atoms with Crippen molar-refractivity contribution in [1.29, 1.82) is 0 Å². The van der Waals surface area contributed by atoms with Crippen LogP contribution in [0.5, 0.6) is 0 Å². The van der Waals surface area contributed by atoms with Gasteiger partial charge in [0.25, 0.3) is 0 Å². The largest absolute Gasteiger partial charge is 0.402 e. The molecule has 0 aliphatic carbocycles. The van der Waals surface area contributed by atoms with Crippen molar-refractivity contribution < 1.29 is 4.74 Å². The highest BCUT2D eigenvalue weighted by Gasteiger charge is 2.13. The minimum atomic E-state index is 0.526. The Bertz CT molecular complexity index is 529. The second-order valence-corrected chi connectivity index (χ2v) is 6.03. The number of nitrogens with one attached hydrogen (secondary N) is 1. The molecule has 2 rings (SSSR count). The molecule has 0 radical (unpaired) electrons. The molecular weight excluding hydrogens is 288 g/mol. The molecule has 1 atom stereocenters. The summed E-state index contributed by atoms with van der Waals surface area (Å²) in [7, 11) is 0. The van der Waals surface area contributed by atoms with Gasteiger partial charge >= 0.3 is 0 Å². The highest BCUT2D eigenvalue weighted by atomic mass is 16.5. The van der Waals surface area contributed by atoms with E-state index in [0.717, 1.165) is 55.1 Å². The van der Waals surface area contributed by atoms with Crippen molar-refractivity contribution in [2.45, 2.75) is 38.6 Å². The maximum absolute atomic E-state index is 6.30. The summed E-state index contributed by atoms with van der Waals surface area (Å²) in [6.45, 7) is 4.53. The normalized spacial score (nSPS) is 19.7. The van der Waals surface area contributed by atoms with Gasteiger partial charge < -0.3 is 21.5 Å². The Balaban J connectivity index is 1.87. The molecule has 0 spiro atoms. The summed E-state index contributed by atoms with van der Waals surface area (Å²) in [5.74, 6) is 0. The van der Waals surface area contributed by atoms with Gasteiger partial charge in [0.1, 0.15) is 0 Å². The molecule has 5 nitrogen and oxygen atoms in total. The summed E-state index contributed by atoms with van der Waals surface area (Å²) in [4.78, 5) is 4.03. The molecule has 1 unspecified atom stereocenters. The third-order valence-corrected chi connectivity index (χ3v) is 3.96. The average molecular weight is 316 g/mol. The molecule has 23 heavy (non-hydrogen) atoms. The van der Waals surface area contributed by atoms with E-state index in [0.29, 0.717) is 6.04 Å². The van der Waals surface area contributed by atoms with Gasteiger partial charge in [0.2, 0.25) is 0 Å². The maximum Gasteiger partial charge on any atom is 0.0619 e. The minimum Gasteiger partial charge on any atom is -0.402 e. The fourth-order valence-corrected chi connectivity index (χ4v) is 2.77. The van der Waals surface area contributed by atoms with Crippen LogP contribution in [0, 0.1) is 0 Å². The summed E-state index contributed by atoms with van der Waals surface area (Å²) < 4.78 is 5.77. The number of hydrogen-bond donors (Lipinski definition) is 3. The smallest absolute Gasteiger partial charge is 0.0619 e. The second-order valence-electron chi connectivity index (χ2n) is 6.03. The van der Waals surface area contributed by atoms with E-state index in [9.17, 15) is 0 Å². The van der Waals surface area contributed by atoms with E-state index in [1.165, 1.54) is 12.8 Å². The van der Waals surface area contributed by atoms with Crippen LogP contribution in [0.3, 0.4) is 0 Å². The lowest BCUT2D eigenvalue weighted by Crippen LogP contribution is -2.26. The average Bonchev–Trinajstić information content (AvgIpc) is 3.06. The molecule has 5 heteroatoms. The number of nitrogens with two attached hydrogens (primary N) is 2. The summed E-state index contributed by atoms with van der Waals surface area (Å²) in [6, 6.07) is 4.35. The Morgan fingerprint density at radius 2 is 2.17 bits per heavy atom. The monoisotopic (exact) mass is 316 g/mol. The molecule has 5 N–H and O–H groups in total. The molecule has 126 valence electrons. The molecule has 1 aromatic heterocycles. The lowest BCUT2D eigenvalue weighted by Gasteiger charge is -2.12. The van der Waals surface area contributed by atoms with E-state index >= 15 is 0 Å². The van der Waals surface area contributed by atoms with Crippen molar-refractivity contribution >= 4 is 5.70 Å². The maximum atomic E-state index is 6.30. The van der Waals surface area contributed by atoms with Crippen molar-refractivity contribution in [3.05, 3.63) is 47.4 Å². The number of rotatable bonds is 8. The van der Waals surface area contributed by atoms with Gasteiger partial charge in [0.05, 0.1) is 6.61 Å². The minimum absolute atomic E-state index is 0.526. The Morgan fingerprint density at radius 3 is 2.83 bits per heavy atom. The number of pyridine rings is 1. The summed E-state index contributed by atoms with van der Waals surface area (Å²) >= 11 is 0. The fraction of sp³-hybridized carbons (Fsp3) is 0.500. The highest BCUT2D eigenvalue weighted by molar-refractivity contribution is 5.67. The van der Waals surface area contributed by atoms with E-state index in [-0.39, 0.29) is 0 Å². The van der Waals surface area contributed by atoms with Crippen LogP contribution >= 0.6 is 0 Å². The Morgan fingerprint density at radius 1 is 1.39 bits per heavy atom. The fourth-order valence-electron chi connectivity index (χ4n) is 2.77. The standard InChI is InChI=1S/C18H28N4O/c1-14(19)12-16(18(20)15-6-9-21-10-7-15)4-3-11-23-13-17-5-2-8-22-17/h6-7,9-10,12,17,22H,2-5,8,11,13,19-20H2,1H3/b14-12-,18-16-. The molecule has 0 amide bonds. The van der Waals surface area contributed by atoms with Crippen LogP contribution in [0.4, 0.5) is 0 Å². The zero-order chi connectivity index (χ0) is 16.5. The van der Waals surface area contributed by atoms with Gasteiger partial charge in [-0.1, -0.05) is 0 Å². The van der Waals surface area contributed by atoms with E-state index in [4.69, 9.17) is 16.2 Å². The van der Waals surface area contributed by atoms with Crippen molar-refractivity contribution in [3.8, 4) is 0 Å². The van der Waals surface area contributed by atoms with E-state index in [1.54, 1.807) is 12.4 Å². The SMILES string of the molecule is C/C(N)=C/C(CCCOCC1CCCN1)=C(\N)c1ccncc1. The molecule has 2 heterocycles. The number of nitrogens with zero attached hydrogens (tertiary/aromatic N) is 1. The van der Waals surface area contributed by atoms with Crippen LogP contribution in [0.1, 0.15) is 38.2 Å². The number of allylic oxidation sites excluding steroid dienone is 3. The first kappa shape index (κ1) is 17.5. The van der Waals surface area contributed by atoms with E-state index in [1.807, 2.05) is 25.1 Å². The molecule has 1 fully saturated rings. The molecule has 1 aliphatic rings. The first-order valence-electron chi connectivity index (χ1n) is 8.30. The van der Waals surface area contributed by atoms with Crippen LogP contribution in [-0.4, -0.2) is 30.8 Å². The lowest BCUT2D eigenvalue weighted by atomic mass is 10.0. The van der Waals surface area contributed by atoms with Crippen LogP contribution in [0.15, 0.2) is 41.9 Å². The van der Waals surface area contributed by atoms with Gasteiger partial charge in [0.15, 0.2) is 0 Å². The van der Waals surface area contributed by atoms with Crippen LogP contribution < -0.4 is 16.8 Å². The van der Waals surface area contributed by atoms with Gasteiger partial charge in [-0.2, -0.15) is 0 Å². The third-order valence-electron chi connectivity index (χ3n) is 3.96. The van der Waals surface area contributed by atoms with Gasteiger partial charge in [-0.25, -0.2) is 0 Å². The molecule has 1 aliphatic heterocycles. The van der Waals surface area contributed by atoms with Crippen LogP contribution in [-0.2, 0) is 4.74 Å². The molecule has 0 aromatic carbocycles. The van der Waals surface area contributed by atoms with Gasteiger partial charge in [-0.05, 0) is 62.9 Å². The van der Waals surface area contributed by atoms with Gasteiger partial charge in [-0.15, -0.1) is 0 Å². The molecular formula is C18H28N4O. The Kier molecular flexibility index (Phi) is 7.10. The predicted octanol–water partition coefficient (Wildman–Crippen LogP) is 2.16. The lowest BCUT2D eigenvalue weighted by molar-refractivity contribution is 0.114. The molecule has 0 bridgehead atoms. The zero-order valence-corrected chi connectivity index (χ0v) is 13.9. The zero-order valence-electron chi connectivity index (χ0n) is 13.9. The summed E-state index contributed by atoms with van der Waals surface area (Å²) in [5, 5.41) is 3.44.